The lowest BCUT2D eigenvalue weighted by atomic mass is 9.91. The van der Waals surface area contributed by atoms with Gasteiger partial charge in [-0.1, -0.05) is 90.5 Å². The van der Waals surface area contributed by atoms with Crippen LogP contribution in [0.4, 0.5) is 10.1 Å². The molecule has 0 unspecified atom stereocenters. The molecule has 4 aromatic carbocycles. The number of anilines is 1. The van der Waals surface area contributed by atoms with E-state index in [0.29, 0.717) is 46.1 Å². The zero-order valence-corrected chi connectivity index (χ0v) is 24.6. The third-order valence-corrected chi connectivity index (χ3v) is 8.13. The van der Waals surface area contributed by atoms with E-state index in [4.69, 9.17) is 16.6 Å². The van der Waals surface area contributed by atoms with Crippen LogP contribution in [-0.2, 0) is 22.6 Å². The molecule has 1 fully saturated rings. The molecule has 0 saturated carbocycles. The number of likely N-dealkylation sites (tertiary alicyclic amines) is 1. The van der Waals surface area contributed by atoms with E-state index in [0.717, 1.165) is 18.5 Å². The average Bonchev–Trinajstić information content (AvgIpc) is 3.47. The van der Waals surface area contributed by atoms with Crippen LogP contribution in [0.3, 0.4) is 0 Å². The van der Waals surface area contributed by atoms with Crippen LogP contribution in [0.2, 0.25) is 5.02 Å². The molecule has 6 nitrogen and oxygen atoms in total. The molecule has 1 heterocycles. The van der Waals surface area contributed by atoms with Crippen LogP contribution in [0.25, 0.3) is 0 Å². The number of carboxylic acid groups (broad SMARTS) is 1. The van der Waals surface area contributed by atoms with Crippen LogP contribution in [0.5, 0.6) is 0 Å². The van der Waals surface area contributed by atoms with Crippen molar-refractivity contribution in [2.45, 2.75) is 44.3 Å². The number of benzene rings is 4. The van der Waals surface area contributed by atoms with Crippen LogP contribution in [0.1, 0.15) is 42.0 Å². The van der Waals surface area contributed by atoms with E-state index in [2.05, 4.69) is 10.2 Å². The molecule has 220 valence electrons. The molecule has 2 N–H and O–H groups in total. The molecular formula is C35H33ClFN3O3. The molecule has 5 rings (SSSR count). The van der Waals surface area contributed by atoms with Crippen molar-refractivity contribution in [3.05, 3.63) is 136 Å². The first-order valence-electron chi connectivity index (χ1n) is 14.2. The van der Waals surface area contributed by atoms with Crippen molar-refractivity contribution in [3.63, 3.8) is 0 Å². The Balaban J connectivity index is 1.49. The predicted molar refractivity (Wildman–Crippen MR) is 168 cm³/mol. The fourth-order valence-corrected chi connectivity index (χ4v) is 5.65. The summed E-state index contributed by atoms with van der Waals surface area (Å²) in [5.41, 5.74) is 2.32. The number of aliphatic imine (C=N–C) groups is 1. The van der Waals surface area contributed by atoms with Crippen LogP contribution in [0.15, 0.2) is 108 Å². The van der Waals surface area contributed by atoms with Crippen molar-refractivity contribution in [1.29, 1.82) is 0 Å². The number of aliphatic carboxylic acids is 1. The minimum absolute atomic E-state index is 0.0482. The Labute approximate surface area is 255 Å². The number of carboxylic acids is 1. The first-order valence-corrected chi connectivity index (χ1v) is 14.6. The zero-order chi connectivity index (χ0) is 30.4. The molecule has 2 atom stereocenters. The fourth-order valence-electron chi connectivity index (χ4n) is 5.46. The van der Waals surface area contributed by atoms with Gasteiger partial charge in [0.15, 0.2) is 5.54 Å². The lowest BCUT2D eigenvalue weighted by Crippen LogP contribution is -2.39. The summed E-state index contributed by atoms with van der Waals surface area (Å²) >= 11 is 6.41. The summed E-state index contributed by atoms with van der Waals surface area (Å²) in [7, 11) is 0. The van der Waals surface area contributed by atoms with Gasteiger partial charge >= 0.3 is 5.97 Å². The topological polar surface area (TPSA) is 82.0 Å². The van der Waals surface area contributed by atoms with E-state index in [-0.39, 0.29) is 18.4 Å². The van der Waals surface area contributed by atoms with Gasteiger partial charge in [0.25, 0.3) is 0 Å². The van der Waals surface area contributed by atoms with Crippen molar-refractivity contribution >= 4 is 34.9 Å². The van der Waals surface area contributed by atoms with Gasteiger partial charge in [0, 0.05) is 29.1 Å². The maximum Gasteiger partial charge on any atom is 0.331 e. The summed E-state index contributed by atoms with van der Waals surface area (Å²) in [6.45, 7) is 2.90. The molecule has 1 saturated heterocycles. The van der Waals surface area contributed by atoms with E-state index in [1.54, 1.807) is 25.1 Å². The number of nitrogens with one attached hydrogen (secondary N) is 1. The Morgan fingerprint density at radius 2 is 1.65 bits per heavy atom. The van der Waals surface area contributed by atoms with Crippen molar-refractivity contribution in [3.8, 4) is 0 Å². The number of amides is 1. The second kappa shape index (κ2) is 13.3. The fraction of sp³-hybridized carbons (Fsp3) is 0.229. The number of nitrogens with zero attached hydrogens (tertiary/aromatic N) is 2. The van der Waals surface area contributed by atoms with Gasteiger partial charge in [-0.3, -0.25) is 14.7 Å². The van der Waals surface area contributed by atoms with Gasteiger partial charge < -0.3 is 10.4 Å². The Bertz CT molecular complexity index is 1630. The second-order valence-electron chi connectivity index (χ2n) is 11.0. The smallest absolute Gasteiger partial charge is 0.331 e. The summed E-state index contributed by atoms with van der Waals surface area (Å²) in [5, 5.41) is 14.1. The zero-order valence-electron chi connectivity index (χ0n) is 23.8. The first kappa shape index (κ1) is 30.1. The van der Waals surface area contributed by atoms with Crippen LogP contribution in [0, 0.1) is 5.82 Å². The highest BCUT2D eigenvalue weighted by Crippen LogP contribution is 2.28. The molecule has 4 aromatic rings. The number of hydrogen-bond donors (Lipinski definition) is 2. The van der Waals surface area contributed by atoms with E-state index < -0.39 is 17.3 Å². The molecule has 1 amide bonds. The van der Waals surface area contributed by atoms with Gasteiger partial charge in [-0.05, 0) is 61.7 Å². The Kier molecular flexibility index (Phi) is 9.34. The summed E-state index contributed by atoms with van der Waals surface area (Å²) < 4.78 is 13.6. The van der Waals surface area contributed by atoms with Crippen LogP contribution >= 0.6 is 11.6 Å². The summed E-state index contributed by atoms with van der Waals surface area (Å²) in [5.74, 6) is -1.66. The molecule has 1 aliphatic rings. The highest BCUT2D eigenvalue weighted by Gasteiger charge is 2.35. The number of halogens is 2. The Morgan fingerprint density at radius 3 is 2.37 bits per heavy atom. The summed E-state index contributed by atoms with van der Waals surface area (Å²) in [4.78, 5) is 33.4. The molecule has 8 heteroatoms. The van der Waals surface area contributed by atoms with Gasteiger partial charge in [-0.15, -0.1) is 0 Å². The highest BCUT2D eigenvalue weighted by atomic mass is 35.5. The minimum Gasteiger partial charge on any atom is -0.479 e. The van der Waals surface area contributed by atoms with Crippen LogP contribution < -0.4 is 5.32 Å². The third kappa shape index (κ3) is 7.19. The molecule has 0 radical (unpaired) electrons. The minimum atomic E-state index is -1.57. The molecule has 0 aliphatic carbocycles. The molecule has 1 aliphatic heterocycles. The van der Waals surface area contributed by atoms with Gasteiger partial charge in [0.05, 0.1) is 17.4 Å². The number of hydrogen-bond acceptors (Lipinski definition) is 4. The first-order chi connectivity index (χ1) is 20.7. The van der Waals surface area contributed by atoms with Gasteiger partial charge in [-0.25, -0.2) is 9.18 Å². The molecular weight excluding hydrogens is 565 g/mol. The molecule has 0 bridgehead atoms. The number of carbonyl (C=O) groups excluding carboxylic acids is 1. The highest BCUT2D eigenvalue weighted by molar-refractivity contribution is 6.31. The number of para-hydroxylation sites is 1. The lowest BCUT2D eigenvalue weighted by Gasteiger charge is -2.26. The van der Waals surface area contributed by atoms with Crippen molar-refractivity contribution in [1.82, 2.24) is 4.90 Å². The Hall–Kier alpha value is -4.33. The predicted octanol–water partition coefficient (Wildman–Crippen LogP) is 7.01. The van der Waals surface area contributed by atoms with Gasteiger partial charge in [-0.2, -0.15) is 0 Å². The van der Waals surface area contributed by atoms with E-state index in [9.17, 15) is 19.1 Å². The largest absolute Gasteiger partial charge is 0.479 e. The van der Waals surface area contributed by atoms with E-state index in [1.807, 2.05) is 72.8 Å². The van der Waals surface area contributed by atoms with Crippen molar-refractivity contribution in [2.75, 3.05) is 11.9 Å². The lowest BCUT2D eigenvalue weighted by molar-refractivity contribution is -0.142. The number of rotatable bonds is 10. The summed E-state index contributed by atoms with van der Waals surface area (Å²) in [6.07, 6.45) is 1.65. The number of carbonyl (C=O) groups is 2. The SMILES string of the molecule is C[C@@](Cc1ccc(F)cc1)(N=C(c1ccccc1)c1ccccc1NC(=O)[C@@H]1CCCN1Cc1ccccc1Cl)C(=O)O. The van der Waals surface area contributed by atoms with Crippen LogP contribution in [-0.4, -0.2) is 45.7 Å². The van der Waals surface area contributed by atoms with Crippen molar-refractivity contribution in [2.24, 2.45) is 4.99 Å². The average molecular weight is 598 g/mol. The van der Waals surface area contributed by atoms with Gasteiger partial charge in [0.1, 0.15) is 5.82 Å². The second-order valence-corrected chi connectivity index (χ2v) is 11.4. The maximum atomic E-state index is 13.7. The van der Waals surface area contributed by atoms with E-state index in [1.165, 1.54) is 12.1 Å². The maximum absolute atomic E-state index is 13.7. The normalized spacial score (nSPS) is 16.9. The molecule has 0 aromatic heterocycles. The molecule has 0 spiro atoms. The third-order valence-electron chi connectivity index (χ3n) is 7.77. The summed E-state index contributed by atoms with van der Waals surface area (Å²) in [6, 6.07) is 29.7. The molecule has 43 heavy (non-hydrogen) atoms. The van der Waals surface area contributed by atoms with E-state index >= 15 is 0 Å². The Morgan fingerprint density at radius 1 is 0.977 bits per heavy atom. The van der Waals surface area contributed by atoms with Gasteiger partial charge in [0.2, 0.25) is 5.91 Å². The standard InChI is InChI=1S/C35H33ClFN3O3/c1-35(34(42)43,22-24-17-19-27(37)20-18-24)39-32(25-10-3-2-4-11-25)28-13-6-8-15-30(28)38-33(41)31-16-9-21-40(31)23-26-12-5-7-14-29(26)36/h2-8,10-15,17-20,31H,9,16,21-23H2,1H3,(H,38,41)(H,42,43)/t31-,35-/m0/s1. The quantitative estimate of drug-likeness (QED) is 0.193. The van der Waals surface area contributed by atoms with Crippen molar-refractivity contribution < 1.29 is 19.1 Å². The monoisotopic (exact) mass is 597 g/mol.